The summed E-state index contributed by atoms with van der Waals surface area (Å²) in [5.41, 5.74) is 0.589. The second kappa shape index (κ2) is 7.51. The van der Waals surface area contributed by atoms with Gasteiger partial charge in [0.05, 0.1) is 23.1 Å². The van der Waals surface area contributed by atoms with Crippen molar-refractivity contribution in [3.8, 4) is 22.9 Å². The van der Waals surface area contributed by atoms with Gasteiger partial charge in [0, 0.05) is 18.0 Å². The van der Waals surface area contributed by atoms with Crippen LogP contribution in [-0.2, 0) is 10.0 Å². The molecule has 0 unspecified atom stereocenters. The Hall–Kier alpha value is -2.32. The molecule has 0 aliphatic carbocycles. The Balaban J connectivity index is 2.15. The molecule has 0 bridgehead atoms. The lowest BCUT2D eigenvalue weighted by molar-refractivity contribution is 0.310. The molecule has 0 spiro atoms. The van der Waals surface area contributed by atoms with Crippen molar-refractivity contribution in [3.63, 3.8) is 0 Å². The van der Waals surface area contributed by atoms with Crippen molar-refractivity contribution in [1.82, 2.24) is 8.96 Å². The van der Waals surface area contributed by atoms with Crippen molar-refractivity contribution in [3.05, 3.63) is 59.3 Å². The lowest BCUT2D eigenvalue weighted by atomic mass is 10.2. The quantitative estimate of drug-likeness (QED) is 0.584. The summed E-state index contributed by atoms with van der Waals surface area (Å²) < 4.78 is 38.7. The molecule has 0 saturated heterocycles. The summed E-state index contributed by atoms with van der Waals surface area (Å²) in [6.45, 7) is 2.31. The van der Waals surface area contributed by atoms with Gasteiger partial charge in [0.15, 0.2) is 17.3 Å². The Kier molecular flexibility index (Phi) is 5.33. The molecule has 0 N–H and O–H groups in total. The summed E-state index contributed by atoms with van der Waals surface area (Å²) in [4.78, 5) is 4.43. The molecule has 3 aromatic rings. The first-order valence-electron chi connectivity index (χ1n) is 7.83. The number of imidazole rings is 1. The van der Waals surface area contributed by atoms with Gasteiger partial charge in [-0.3, -0.25) is 0 Å². The zero-order valence-electron chi connectivity index (χ0n) is 14.2. The van der Waals surface area contributed by atoms with Crippen molar-refractivity contribution in [1.29, 1.82) is 0 Å². The minimum absolute atomic E-state index is 0.192. The summed E-state index contributed by atoms with van der Waals surface area (Å²) in [5.74, 6) is 1.34. The largest absolute Gasteiger partial charge is 0.492 e. The van der Waals surface area contributed by atoms with Gasteiger partial charge in [0.1, 0.15) is 0 Å². The van der Waals surface area contributed by atoms with Crippen molar-refractivity contribution in [2.24, 2.45) is 0 Å². The summed E-state index contributed by atoms with van der Waals surface area (Å²) in [7, 11) is -2.22. The summed E-state index contributed by atoms with van der Waals surface area (Å²) in [6.07, 6.45) is 2.88. The van der Waals surface area contributed by atoms with Gasteiger partial charge in [-0.1, -0.05) is 18.2 Å². The fraction of sp³-hybridized carbons (Fsp3) is 0.167. The number of halogens is 1. The van der Waals surface area contributed by atoms with E-state index in [1.807, 2.05) is 6.92 Å². The average molecular weight is 437 g/mol. The van der Waals surface area contributed by atoms with Crippen molar-refractivity contribution in [2.45, 2.75) is 11.8 Å². The van der Waals surface area contributed by atoms with Crippen LogP contribution in [-0.4, -0.2) is 31.1 Å². The molecule has 136 valence electrons. The van der Waals surface area contributed by atoms with E-state index in [-0.39, 0.29) is 10.7 Å². The highest BCUT2D eigenvalue weighted by Crippen LogP contribution is 2.39. The molecule has 26 heavy (non-hydrogen) atoms. The number of rotatable bonds is 6. The lowest BCUT2D eigenvalue weighted by Crippen LogP contribution is -2.13. The molecular formula is C18H17BrN2O4S. The number of benzene rings is 2. The highest BCUT2D eigenvalue weighted by atomic mass is 79.9. The van der Waals surface area contributed by atoms with Crippen molar-refractivity contribution < 1.29 is 17.9 Å². The number of aromatic nitrogens is 2. The molecule has 0 fully saturated rings. The second-order valence-corrected chi connectivity index (χ2v) is 7.96. The van der Waals surface area contributed by atoms with Gasteiger partial charge in [-0.25, -0.2) is 17.4 Å². The van der Waals surface area contributed by atoms with Crippen LogP contribution < -0.4 is 9.47 Å². The maximum atomic E-state index is 13.0. The molecule has 0 radical (unpaired) electrons. The van der Waals surface area contributed by atoms with Crippen LogP contribution >= 0.6 is 15.9 Å². The normalized spacial score (nSPS) is 11.3. The fourth-order valence-electron chi connectivity index (χ4n) is 2.55. The lowest BCUT2D eigenvalue weighted by Gasteiger charge is -2.14. The maximum absolute atomic E-state index is 13.0. The Morgan fingerprint density at radius 3 is 2.58 bits per heavy atom. The SMILES string of the molecule is CCOc1cc(-c2nccn2S(=O)(=O)c2ccccc2)cc(Br)c1OC. The molecule has 0 saturated carbocycles. The summed E-state index contributed by atoms with van der Waals surface area (Å²) in [5, 5.41) is 0. The van der Waals surface area contributed by atoms with Gasteiger partial charge in [-0.05, 0) is 47.1 Å². The predicted molar refractivity (Wildman–Crippen MR) is 102 cm³/mol. The van der Waals surface area contributed by atoms with Crippen LogP contribution in [0.5, 0.6) is 11.5 Å². The Morgan fingerprint density at radius 2 is 1.92 bits per heavy atom. The van der Waals surface area contributed by atoms with Crippen LogP contribution in [0.3, 0.4) is 0 Å². The maximum Gasteiger partial charge on any atom is 0.269 e. The minimum atomic E-state index is -3.76. The average Bonchev–Trinajstić information content (AvgIpc) is 3.13. The predicted octanol–water partition coefficient (Wildman–Crippen LogP) is 3.96. The molecule has 8 heteroatoms. The molecule has 2 aromatic carbocycles. The van der Waals surface area contributed by atoms with Gasteiger partial charge in [0.2, 0.25) is 0 Å². The molecule has 0 amide bonds. The van der Waals surface area contributed by atoms with Crippen molar-refractivity contribution >= 4 is 26.0 Å². The van der Waals surface area contributed by atoms with Gasteiger partial charge in [-0.2, -0.15) is 0 Å². The monoisotopic (exact) mass is 436 g/mol. The fourth-order valence-corrected chi connectivity index (χ4v) is 4.48. The molecule has 1 aromatic heterocycles. The van der Waals surface area contributed by atoms with Crippen LogP contribution in [0.25, 0.3) is 11.4 Å². The van der Waals surface area contributed by atoms with E-state index in [2.05, 4.69) is 20.9 Å². The van der Waals surface area contributed by atoms with E-state index in [0.717, 1.165) is 3.97 Å². The number of methoxy groups -OCH3 is 1. The zero-order valence-corrected chi connectivity index (χ0v) is 16.6. The Bertz CT molecular complexity index is 1020. The molecule has 0 atom stereocenters. The molecule has 0 aliphatic heterocycles. The molecular weight excluding hydrogens is 420 g/mol. The van der Waals surface area contributed by atoms with E-state index < -0.39 is 10.0 Å². The molecule has 1 heterocycles. The number of hydrogen-bond donors (Lipinski definition) is 0. The third-order valence-corrected chi connectivity index (χ3v) is 5.95. The van der Waals surface area contributed by atoms with E-state index in [0.29, 0.717) is 28.1 Å². The highest BCUT2D eigenvalue weighted by molar-refractivity contribution is 9.10. The first-order chi connectivity index (χ1) is 12.5. The first-order valence-corrected chi connectivity index (χ1v) is 10.1. The second-order valence-electron chi connectivity index (χ2n) is 5.29. The summed E-state index contributed by atoms with van der Waals surface area (Å²) in [6, 6.07) is 11.7. The minimum Gasteiger partial charge on any atom is -0.492 e. The first kappa shape index (κ1) is 18.5. The van der Waals surface area contributed by atoms with E-state index in [1.54, 1.807) is 49.6 Å². The van der Waals surface area contributed by atoms with E-state index in [4.69, 9.17) is 9.47 Å². The van der Waals surface area contributed by atoms with Gasteiger partial charge >= 0.3 is 0 Å². The standard InChI is InChI=1S/C18H17BrN2O4S/c1-3-25-16-12-13(11-15(19)17(16)24-2)18-20-9-10-21(18)26(22,23)14-7-5-4-6-8-14/h4-12H,3H2,1-2H3. The molecule has 0 aliphatic rings. The number of hydrogen-bond acceptors (Lipinski definition) is 5. The van der Waals surface area contributed by atoms with Gasteiger partial charge in [-0.15, -0.1) is 0 Å². The van der Waals surface area contributed by atoms with Crippen molar-refractivity contribution in [2.75, 3.05) is 13.7 Å². The smallest absolute Gasteiger partial charge is 0.269 e. The van der Waals surface area contributed by atoms with E-state index in [1.165, 1.54) is 12.4 Å². The molecule has 6 nitrogen and oxygen atoms in total. The molecule has 3 rings (SSSR count). The van der Waals surface area contributed by atoms with Crippen LogP contribution in [0, 0.1) is 0 Å². The third kappa shape index (κ3) is 3.34. The zero-order chi connectivity index (χ0) is 18.7. The Labute approximate surface area is 160 Å². The van der Waals surface area contributed by atoms with E-state index >= 15 is 0 Å². The van der Waals surface area contributed by atoms with Crippen LogP contribution in [0.2, 0.25) is 0 Å². The number of ether oxygens (including phenoxy) is 2. The van der Waals surface area contributed by atoms with Crippen LogP contribution in [0.4, 0.5) is 0 Å². The highest BCUT2D eigenvalue weighted by Gasteiger charge is 2.22. The topological polar surface area (TPSA) is 70.4 Å². The summed E-state index contributed by atoms with van der Waals surface area (Å²) >= 11 is 3.44. The van der Waals surface area contributed by atoms with Gasteiger partial charge < -0.3 is 9.47 Å². The van der Waals surface area contributed by atoms with Gasteiger partial charge in [0.25, 0.3) is 10.0 Å². The Morgan fingerprint density at radius 1 is 1.19 bits per heavy atom. The van der Waals surface area contributed by atoms with Crippen LogP contribution in [0.1, 0.15) is 6.92 Å². The van der Waals surface area contributed by atoms with Crippen LogP contribution in [0.15, 0.2) is 64.2 Å². The van der Waals surface area contributed by atoms with E-state index in [9.17, 15) is 8.42 Å². The third-order valence-electron chi connectivity index (χ3n) is 3.68. The number of nitrogens with zero attached hydrogens (tertiary/aromatic N) is 2.